The van der Waals surface area contributed by atoms with Crippen molar-refractivity contribution >= 4 is 39.1 Å². The van der Waals surface area contributed by atoms with Crippen LogP contribution in [0.15, 0.2) is 72.0 Å². The molecule has 0 saturated carbocycles. The molecule has 26 heavy (non-hydrogen) atoms. The lowest BCUT2D eigenvalue weighted by Gasteiger charge is -2.02. The van der Waals surface area contributed by atoms with E-state index in [0.717, 1.165) is 25.7 Å². The molecular formula is C20H13FN2OS2. The molecule has 6 heteroatoms. The molecule has 2 heterocycles. The van der Waals surface area contributed by atoms with Gasteiger partial charge >= 0.3 is 0 Å². The molecule has 4 aromatic rings. The van der Waals surface area contributed by atoms with Crippen LogP contribution in [0, 0.1) is 5.82 Å². The molecule has 3 nitrogen and oxygen atoms in total. The quantitative estimate of drug-likeness (QED) is 0.261. The smallest absolute Gasteiger partial charge is 0.173 e. The van der Waals surface area contributed by atoms with Gasteiger partial charge in [0.25, 0.3) is 0 Å². The van der Waals surface area contributed by atoms with Gasteiger partial charge in [0.15, 0.2) is 5.78 Å². The number of rotatable bonds is 5. The van der Waals surface area contributed by atoms with Crippen LogP contribution in [-0.2, 0) is 0 Å². The van der Waals surface area contributed by atoms with Crippen molar-refractivity contribution < 1.29 is 9.18 Å². The number of thioether (sulfide) groups is 1. The van der Waals surface area contributed by atoms with Crippen LogP contribution in [0.5, 0.6) is 0 Å². The summed E-state index contributed by atoms with van der Waals surface area (Å²) in [5.74, 6) is 0.128. The molecule has 0 N–H and O–H groups in total. The first-order valence-electron chi connectivity index (χ1n) is 7.92. The second-order valence-corrected chi connectivity index (χ2v) is 7.60. The van der Waals surface area contributed by atoms with E-state index in [-0.39, 0.29) is 11.6 Å². The molecule has 2 aromatic carbocycles. The summed E-state index contributed by atoms with van der Waals surface area (Å²) in [5, 5.41) is 0.789. The van der Waals surface area contributed by atoms with Gasteiger partial charge in [0.1, 0.15) is 17.2 Å². The Morgan fingerprint density at radius 3 is 2.58 bits per heavy atom. The van der Waals surface area contributed by atoms with Gasteiger partial charge in [-0.3, -0.25) is 4.79 Å². The minimum atomic E-state index is -0.259. The number of aromatic nitrogens is 2. The minimum absolute atomic E-state index is 0.0673. The third-order valence-corrected chi connectivity index (χ3v) is 6.14. The van der Waals surface area contributed by atoms with Crippen LogP contribution in [0.25, 0.3) is 20.7 Å². The van der Waals surface area contributed by atoms with Crippen LogP contribution in [0.4, 0.5) is 4.39 Å². The number of halogens is 1. The fourth-order valence-corrected chi connectivity index (χ4v) is 4.63. The molecule has 0 unspecified atom stereocenters. The summed E-state index contributed by atoms with van der Waals surface area (Å²) < 4.78 is 14.1. The van der Waals surface area contributed by atoms with E-state index in [1.165, 1.54) is 30.2 Å². The fourth-order valence-electron chi connectivity index (χ4n) is 2.53. The molecule has 4 rings (SSSR count). The van der Waals surface area contributed by atoms with E-state index in [2.05, 4.69) is 9.97 Å². The van der Waals surface area contributed by atoms with E-state index >= 15 is 0 Å². The van der Waals surface area contributed by atoms with Crippen LogP contribution in [-0.4, -0.2) is 21.5 Å². The molecule has 0 radical (unpaired) electrons. The Hall–Kier alpha value is -2.57. The molecule has 2 aromatic heterocycles. The highest BCUT2D eigenvalue weighted by molar-refractivity contribution is 8.00. The number of ketones is 1. The predicted molar refractivity (Wildman–Crippen MR) is 104 cm³/mol. The number of carbonyl (C=O) groups is 1. The molecule has 0 amide bonds. The normalized spacial score (nSPS) is 11.0. The topological polar surface area (TPSA) is 42.9 Å². The lowest BCUT2D eigenvalue weighted by Crippen LogP contribution is -2.02. The second kappa shape index (κ2) is 7.35. The number of thiophene rings is 1. The van der Waals surface area contributed by atoms with E-state index in [1.807, 2.05) is 36.4 Å². The summed E-state index contributed by atoms with van der Waals surface area (Å²) in [5.41, 5.74) is 2.47. The number of benzene rings is 2. The zero-order chi connectivity index (χ0) is 17.9. The monoisotopic (exact) mass is 380 g/mol. The standard InChI is InChI=1S/C20H13FN2OS2/c21-15-8-6-14(7-9-15)18-10-16-19(26-18)20(23-12-22-16)25-11-17(24)13-4-2-1-3-5-13/h1-10,12H,11H2. The molecule has 128 valence electrons. The van der Waals surface area contributed by atoms with Crippen molar-refractivity contribution in [2.45, 2.75) is 5.03 Å². The van der Waals surface area contributed by atoms with Gasteiger partial charge in [0, 0.05) is 10.4 Å². The molecule has 0 saturated heterocycles. The summed E-state index contributed by atoms with van der Waals surface area (Å²) >= 11 is 2.96. The molecule has 0 aliphatic carbocycles. The maximum Gasteiger partial charge on any atom is 0.173 e. The third-order valence-electron chi connectivity index (χ3n) is 3.84. The first-order valence-corrected chi connectivity index (χ1v) is 9.72. The number of nitrogens with zero attached hydrogens (tertiary/aromatic N) is 2. The SMILES string of the molecule is O=C(CSc1ncnc2cc(-c3ccc(F)cc3)sc12)c1ccccc1. The summed E-state index contributed by atoms with van der Waals surface area (Å²) in [6, 6.07) is 17.6. The molecule has 0 aliphatic rings. The average molecular weight is 380 g/mol. The Balaban J connectivity index is 1.59. The van der Waals surface area contributed by atoms with Gasteiger partial charge in [-0.25, -0.2) is 14.4 Å². The van der Waals surface area contributed by atoms with Gasteiger partial charge < -0.3 is 0 Å². The van der Waals surface area contributed by atoms with Gasteiger partial charge in [0.05, 0.1) is 16.0 Å². The highest BCUT2D eigenvalue weighted by atomic mass is 32.2. The van der Waals surface area contributed by atoms with E-state index < -0.39 is 0 Å². The van der Waals surface area contributed by atoms with E-state index in [0.29, 0.717) is 11.3 Å². The number of hydrogen-bond donors (Lipinski definition) is 0. The molecule has 0 spiro atoms. The zero-order valence-electron chi connectivity index (χ0n) is 13.6. The van der Waals surface area contributed by atoms with Crippen LogP contribution in [0.3, 0.4) is 0 Å². The van der Waals surface area contributed by atoms with Gasteiger partial charge in [-0.2, -0.15) is 0 Å². The van der Waals surface area contributed by atoms with Gasteiger partial charge in [-0.15, -0.1) is 11.3 Å². The molecule has 0 bridgehead atoms. The predicted octanol–water partition coefficient (Wildman–Crippen LogP) is 5.47. The van der Waals surface area contributed by atoms with Crippen LogP contribution in [0.1, 0.15) is 10.4 Å². The number of carbonyl (C=O) groups excluding carboxylic acids is 1. The zero-order valence-corrected chi connectivity index (χ0v) is 15.2. The Morgan fingerprint density at radius 2 is 1.81 bits per heavy atom. The Bertz CT molecular complexity index is 1060. The fraction of sp³-hybridized carbons (Fsp3) is 0.0500. The lowest BCUT2D eigenvalue weighted by molar-refractivity contribution is 0.102. The molecule has 0 aliphatic heterocycles. The second-order valence-electron chi connectivity index (χ2n) is 5.59. The van der Waals surface area contributed by atoms with Crippen molar-refractivity contribution in [3.8, 4) is 10.4 Å². The molecule has 0 fully saturated rings. The summed E-state index contributed by atoms with van der Waals surface area (Å²) in [6.07, 6.45) is 1.51. The van der Waals surface area contributed by atoms with Gasteiger partial charge in [-0.1, -0.05) is 54.2 Å². The maximum atomic E-state index is 13.1. The van der Waals surface area contributed by atoms with Crippen LogP contribution >= 0.6 is 23.1 Å². The number of Topliss-reactive ketones (excluding diaryl/α,β-unsaturated/α-hetero) is 1. The van der Waals surface area contributed by atoms with Crippen molar-refractivity contribution in [2.24, 2.45) is 0 Å². The molecular weight excluding hydrogens is 367 g/mol. The minimum Gasteiger partial charge on any atom is -0.293 e. The number of hydrogen-bond acceptors (Lipinski definition) is 5. The first-order chi connectivity index (χ1) is 12.7. The Labute approximate surface area is 157 Å². The van der Waals surface area contributed by atoms with Gasteiger partial charge in [0.2, 0.25) is 0 Å². The highest BCUT2D eigenvalue weighted by Crippen LogP contribution is 2.37. The van der Waals surface area contributed by atoms with E-state index in [9.17, 15) is 9.18 Å². The number of fused-ring (bicyclic) bond motifs is 1. The summed E-state index contributed by atoms with van der Waals surface area (Å²) in [6.45, 7) is 0. The Morgan fingerprint density at radius 1 is 1.04 bits per heavy atom. The largest absolute Gasteiger partial charge is 0.293 e. The van der Waals surface area contributed by atoms with E-state index in [4.69, 9.17) is 0 Å². The van der Waals surface area contributed by atoms with Crippen molar-refractivity contribution in [3.05, 3.63) is 78.4 Å². The first kappa shape index (κ1) is 16.9. The maximum absolute atomic E-state index is 13.1. The average Bonchev–Trinajstić information content (AvgIpc) is 3.12. The van der Waals surface area contributed by atoms with Crippen molar-refractivity contribution in [3.63, 3.8) is 0 Å². The molecule has 0 atom stereocenters. The summed E-state index contributed by atoms with van der Waals surface area (Å²) in [7, 11) is 0. The van der Waals surface area contributed by atoms with Crippen LogP contribution < -0.4 is 0 Å². The lowest BCUT2D eigenvalue weighted by atomic mass is 10.2. The van der Waals surface area contributed by atoms with Crippen molar-refractivity contribution in [1.82, 2.24) is 9.97 Å². The van der Waals surface area contributed by atoms with Crippen LogP contribution in [0.2, 0.25) is 0 Å². The van der Waals surface area contributed by atoms with E-state index in [1.54, 1.807) is 23.5 Å². The highest BCUT2D eigenvalue weighted by Gasteiger charge is 2.13. The van der Waals surface area contributed by atoms with Crippen molar-refractivity contribution in [1.29, 1.82) is 0 Å². The van der Waals surface area contributed by atoms with Gasteiger partial charge in [-0.05, 0) is 23.8 Å². The third kappa shape index (κ3) is 3.52. The van der Waals surface area contributed by atoms with Crippen molar-refractivity contribution in [2.75, 3.05) is 5.75 Å². The Kier molecular flexibility index (Phi) is 4.77. The summed E-state index contributed by atoms with van der Waals surface area (Å²) in [4.78, 5) is 22.0.